The van der Waals surface area contributed by atoms with E-state index in [-0.39, 0.29) is 7.33 Å². The normalized spacial score (nSPS) is 14.5. The summed E-state index contributed by atoms with van der Waals surface area (Å²) >= 11 is 0. The Morgan fingerprint density at radius 3 is 3.00 bits per heavy atom. The number of hydrogen-bond acceptors (Lipinski definition) is 3. The van der Waals surface area contributed by atoms with Gasteiger partial charge in [0.15, 0.2) is 0 Å². The number of carbonyl (C=O) groups excluding carboxylic acids is 1. The Bertz CT molecular complexity index is 365. The molecule has 4 nitrogen and oxygen atoms in total. The van der Waals surface area contributed by atoms with Crippen LogP contribution in [0.4, 0.5) is 5.82 Å². The molecule has 0 aromatic carbocycles. The molecular weight excluding hydrogens is 166 g/mol. The molecule has 1 aromatic rings. The molecule has 1 aromatic heterocycles. The van der Waals surface area contributed by atoms with E-state index in [0.29, 0.717) is 18.2 Å². The molecule has 0 saturated heterocycles. The Balaban J connectivity index is 0.000000980. The Kier molecular flexibility index (Phi) is 1.76. The first-order valence-electron chi connectivity index (χ1n) is 4.32. The Morgan fingerprint density at radius 2 is 2.31 bits per heavy atom. The minimum absolute atomic E-state index is 0. The van der Waals surface area contributed by atoms with Crippen molar-refractivity contribution in [2.45, 2.75) is 26.2 Å². The van der Waals surface area contributed by atoms with Gasteiger partial charge in [-0.1, -0.05) is 13.8 Å². The first kappa shape index (κ1) is 8.16. The number of hydrogen-bond donors (Lipinski definition) is 1. The zero-order valence-electron chi connectivity index (χ0n) is 7.66. The maximum atomic E-state index is 11.1. The van der Waals surface area contributed by atoms with Gasteiger partial charge in [0.25, 0.3) is 0 Å². The van der Waals surface area contributed by atoms with E-state index in [2.05, 4.69) is 29.1 Å². The zero-order valence-corrected chi connectivity index (χ0v) is 7.66. The Morgan fingerprint density at radius 1 is 1.54 bits per heavy atom. The van der Waals surface area contributed by atoms with Gasteiger partial charge in [0.05, 0.1) is 12.1 Å². The number of anilines is 1. The van der Waals surface area contributed by atoms with Crippen LogP contribution in [0.3, 0.4) is 0 Å². The van der Waals surface area contributed by atoms with Gasteiger partial charge < -0.3 is 5.32 Å². The Labute approximate surface area is 77.9 Å². The maximum absolute atomic E-state index is 11.1. The van der Waals surface area contributed by atoms with Crippen molar-refractivity contribution in [3.63, 3.8) is 0 Å². The van der Waals surface area contributed by atoms with E-state index >= 15 is 0 Å². The lowest BCUT2D eigenvalue weighted by Crippen LogP contribution is -2.04. The van der Waals surface area contributed by atoms with Gasteiger partial charge in [0.2, 0.25) is 5.91 Å². The molecular formula is C9H13N3O. The fourth-order valence-electron chi connectivity index (χ4n) is 1.54. The monoisotopic (exact) mass is 179 g/mol. The molecule has 0 unspecified atom stereocenters. The van der Waals surface area contributed by atoms with Gasteiger partial charge in [-0.3, -0.25) is 4.79 Å². The first-order chi connectivity index (χ1) is 6.18. The van der Waals surface area contributed by atoms with Crippen LogP contribution in [0, 0.1) is 0 Å². The van der Waals surface area contributed by atoms with Crippen LogP contribution in [-0.2, 0) is 11.2 Å². The van der Waals surface area contributed by atoms with E-state index in [0.717, 1.165) is 11.3 Å². The molecule has 1 aliphatic rings. The summed E-state index contributed by atoms with van der Waals surface area (Å²) in [5, 5.41) is 2.70. The smallest absolute Gasteiger partial charge is 0.230 e. The number of nitrogens with one attached hydrogen (secondary N) is 1. The lowest BCUT2D eigenvalue weighted by atomic mass is 10.0. The van der Waals surface area contributed by atoms with Crippen LogP contribution < -0.4 is 5.32 Å². The highest BCUT2D eigenvalue weighted by atomic mass is 16.1. The SMILES string of the molecule is CC(C)c1ncnc2c1CC(=O)N2.[HH]. The molecule has 0 bridgehead atoms. The minimum atomic E-state index is 0. The molecule has 0 radical (unpaired) electrons. The van der Waals surface area contributed by atoms with Gasteiger partial charge in [0, 0.05) is 6.99 Å². The third kappa shape index (κ3) is 1.28. The second kappa shape index (κ2) is 2.80. The van der Waals surface area contributed by atoms with Gasteiger partial charge in [-0.15, -0.1) is 0 Å². The number of rotatable bonds is 1. The highest BCUT2D eigenvalue weighted by Crippen LogP contribution is 2.26. The molecule has 1 amide bonds. The molecule has 0 aliphatic carbocycles. The summed E-state index contributed by atoms with van der Waals surface area (Å²) in [6.07, 6.45) is 1.92. The van der Waals surface area contributed by atoms with Crippen molar-refractivity contribution in [3.8, 4) is 0 Å². The average molecular weight is 179 g/mol. The fourth-order valence-corrected chi connectivity index (χ4v) is 1.54. The first-order valence-corrected chi connectivity index (χ1v) is 4.32. The van der Waals surface area contributed by atoms with E-state index < -0.39 is 0 Å². The maximum Gasteiger partial charge on any atom is 0.230 e. The highest BCUT2D eigenvalue weighted by Gasteiger charge is 2.23. The molecule has 4 heteroatoms. The number of carbonyl (C=O) groups is 1. The molecule has 13 heavy (non-hydrogen) atoms. The van der Waals surface area contributed by atoms with Crippen LogP contribution in [0.2, 0.25) is 0 Å². The van der Waals surface area contributed by atoms with E-state index in [1.807, 2.05) is 0 Å². The molecule has 0 spiro atoms. The molecule has 0 atom stereocenters. The number of aromatic nitrogens is 2. The fraction of sp³-hybridized carbons (Fsp3) is 0.444. The molecule has 1 N–H and O–H groups in total. The van der Waals surface area contributed by atoms with Crippen molar-refractivity contribution < 1.29 is 6.22 Å². The molecule has 70 valence electrons. The number of fused-ring (bicyclic) bond motifs is 1. The van der Waals surface area contributed by atoms with Crippen molar-refractivity contribution in [3.05, 3.63) is 17.6 Å². The highest BCUT2D eigenvalue weighted by molar-refractivity contribution is 5.98. The summed E-state index contributed by atoms with van der Waals surface area (Å²) in [4.78, 5) is 19.3. The Hall–Kier alpha value is -1.45. The summed E-state index contributed by atoms with van der Waals surface area (Å²) in [6, 6.07) is 0. The molecule has 0 fully saturated rings. The summed E-state index contributed by atoms with van der Waals surface area (Å²) in [5.41, 5.74) is 1.94. The van der Waals surface area contributed by atoms with Crippen molar-refractivity contribution >= 4 is 11.7 Å². The predicted octanol–water partition coefficient (Wildman–Crippen LogP) is 1.34. The lowest BCUT2D eigenvalue weighted by Gasteiger charge is -2.07. The summed E-state index contributed by atoms with van der Waals surface area (Å²) in [7, 11) is 0. The molecule has 1 aliphatic heterocycles. The van der Waals surface area contributed by atoms with Crippen LogP contribution >= 0.6 is 0 Å². The van der Waals surface area contributed by atoms with Crippen LogP contribution in [0.1, 0.15) is 32.4 Å². The van der Waals surface area contributed by atoms with Gasteiger partial charge in [-0.05, 0) is 5.92 Å². The third-order valence-corrected chi connectivity index (χ3v) is 2.12. The lowest BCUT2D eigenvalue weighted by molar-refractivity contribution is -0.115. The largest absolute Gasteiger partial charge is 0.310 e. The zero-order chi connectivity index (χ0) is 9.42. The van der Waals surface area contributed by atoms with Gasteiger partial charge in [0.1, 0.15) is 12.1 Å². The average Bonchev–Trinajstić information content (AvgIpc) is 2.43. The summed E-state index contributed by atoms with van der Waals surface area (Å²) in [5.74, 6) is 1.03. The number of nitrogens with zero attached hydrogens (tertiary/aromatic N) is 2. The van der Waals surface area contributed by atoms with E-state index in [4.69, 9.17) is 0 Å². The van der Waals surface area contributed by atoms with Gasteiger partial charge in [-0.25, -0.2) is 9.97 Å². The quantitative estimate of drug-likeness (QED) is 0.707. The standard InChI is InChI=1S/C9H11N3O.H2/c1-5(2)8-6-3-7(13)12-9(6)11-4-10-8;/h4-5H,3H2,1-2H3,(H,10,11,12,13);1H. The van der Waals surface area contributed by atoms with Crippen molar-refractivity contribution in [2.75, 3.05) is 5.32 Å². The summed E-state index contributed by atoms with van der Waals surface area (Å²) < 4.78 is 0. The molecule has 2 heterocycles. The molecule has 0 saturated carbocycles. The van der Waals surface area contributed by atoms with Crippen LogP contribution in [0.25, 0.3) is 0 Å². The predicted molar refractivity (Wildman–Crippen MR) is 50.6 cm³/mol. The topological polar surface area (TPSA) is 54.9 Å². The van der Waals surface area contributed by atoms with Crippen molar-refractivity contribution in [2.24, 2.45) is 0 Å². The van der Waals surface area contributed by atoms with Crippen LogP contribution in [0.15, 0.2) is 6.33 Å². The van der Waals surface area contributed by atoms with Gasteiger partial charge in [-0.2, -0.15) is 0 Å². The summed E-state index contributed by atoms with van der Waals surface area (Å²) in [6.45, 7) is 4.12. The van der Waals surface area contributed by atoms with E-state index in [1.165, 1.54) is 6.33 Å². The van der Waals surface area contributed by atoms with E-state index in [1.54, 1.807) is 0 Å². The van der Waals surface area contributed by atoms with E-state index in [9.17, 15) is 4.79 Å². The van der Waals surface area contributed by atoms with Crippen molar-refractivity contribution in [1.82, 2.24) is 9.97 Å². The second-order valence-electron chi connectivity index (χ2n) is 3.47. The third-order valence-electron chi connectivity index (χ3n) is 2.12. The van der Waals surface area contributed by atoms with Crippen LogP contribution in [-0.4, -0.2) is 15.9 Å². The minimum Gasteiger partial charge on any atom is -0.310 e. The van der Waals surface area contributed by atoms with Gasteiger partial charge >= 0.3 is 0 Å². The molecule has 2 rings (SSSR count). The van der Waals surface area contributed by atoms with Crippen molar-refractivity contribution in [1.29, 1.82) is 0 Å². The second-order valence-corrected chi connectivity index (χ2v) is 3.47. The van der Waals surface area contributed by atoms with Crippen LogP contribution in [0.5, 0.6) is 0 Å². The number of amides is 1.